The van der Waals surface area contributed by atoms with Gasteiger partial charge in [-0.3, -0.25) is 0 Å². The van der Waals surface area contributed by atoms with E-state index in [1.54, 1.807) is 11.8 Å². The average Bonchev–Trinajstić information content (AvgIpc) is 2.48. The summed E-state index contributed by atoms with van der Waals surface area (Å²) in [5.74, 6) is 3.53. The van der Waals surface area contributed by atoms with E-state index in [0.717, 1.165) is 16.6 Å². The van der Waals surface area contributed by atoms with Gasteiger partial charge in [0.2, 0.25) is 0 Å². The molecule has 2 rings (SSSR count). The van der Waals surface area contributed by atoms with Gasteiger partial charge in [-0.1, -0.05) is 56.1 Å². The number of para-hydroxylation sites is 1. The van der Waals surface area contributed by atoms with E-state index in [9.17, 15) is 0 Å². The summed E-state index contributed by atoms with van der Waals surface area (Å²) in [6, 6.07) is 9.95. The summed E-state index contributed by atoms with van der Waals surface area (Å²) >= 11 is 1.76. The van der Waals surface area contributed by atoms with Crippen molar-refractivity contribution in [2.45, 2.75) is 44.3 Å². The molecule has 2 heteroatoms. The second-order valence-corrected chi connectivity index (χ2v) is 6.48. The molecule has 19 heavy (non-hydrogen) atoms. The monoisotopic (exact) mass is 271 g/mol. The summed E-state index contributed by atoms with van der Waals surface area (Å²) in [7, 11) is 0. The zero-order chi connectivity index (χ0) is 13.5. The third-order valence-corrected chi connectivity index (χ3v) is 4.91. The Hall–Kier alpha value is -1.20. The first-order valence-corrected chi connectivity index (χ1v) is 7.94. The van der Waals surface area contributed by atoms with E-state index in [0.29, 0.717) is 5.25 Å². The van der Waals surface area contributed by atoms with E-state index in [4.69, 9.17) is 6.42 Å². The standard InChI is InChI=1S/C17H21NS/c1-3-17(18-16-12-8-5-9-13-16)19-14(2)15-10-6-4-7-11-15/h1,5,8-9,12-15H,4,6-7,10-11H2,2H3. The lowest BCUT2D eigenvalue weighted by atomic mass is 9.87. The van der Waals surface area contributed by atoms with E-state index in [1.807, 2.05) is 30.3 Å². The predicted octanol–water partition coefficient (Wildman–Crippen LogP) is 5.05. The quantitative estimate of drug-likeness (QED) is 0.425. The smallest absolute Gasteiger partial charge is 0.147 e. The molecule has 1 aliphatic rings. The van der Waals surface area contributed by atoms with Crippen molar-refractivity contribution in [3.8, 4) is 12.3 Å². The normalized spacial score (nSPS) is 18.8. The highest BCUT2D eigenvalue weighted by Gasteiger charge is 2.21. The van der Waals surface area contributed by atoms with Crippen LogP contribution in [-0.2, 0) is 0 Å². The lowest BCUT2D eigenvalue weighted by Gasteiger charge is -2.26. The molecule has 0 aliphatic heterocycles. The highest BCUT2D eigenvalue weighted by molar-refractivity contribution is 8.15. The number of nitrogens with zero attached hydrogens (tertiary/aromatic N) is 1. The molecule has 0 heterocycles. The predicted molar refractivity (Wildman–Crippen MR) is 86.0 cm³/mol. The Morgan fingerprint density at radius 3 is 2.58 bits per heavy atom. The van der Waals surface area contributed by atoms with E-state index >= 15 is 0 Å². The van der Waals surface area contributed by atoms with Crippen molar-refractivity contribution in [3.63, 3.8) is 0 Å². The Bertz CT molecular complexity index is 452. The second kappa shape index (κ2) is 7.40. The van der Waals surface area contributed by atoms with Gasteiger partial charge >= 0.3 is 0 Å². The summed E-state index contributed by atoms with van der Waals surface area (Å²) in [6.07, 6.45) is 12.4. The molecule has 1 saturated carbocycles. The van der Waals surface area contributed by atoms with E-state index in [2.05, 4.69) is 17.8 Å². The first-order valence-electron chi connectivity index (χ1n) is 7.06. The van der Waals surface area contributed by atoms with E-state index < -0.39 is 0 Å². The Balaban J connectivity index is 1.99. The zero-order valence-corrected chi connectivity index (χ0v) is 12.3. The van der Waals surface area contributed by atoms with Gasteiger partial charge in [-0.2, -0.15) is 0 Å². The molecule has 1 unspecified atom stereocenters. The third-order valence-electron chi connectivity index (χ3n) is 3.72. The molecule has 0 saturated heterocycles. The molecule has 1 aromatic rings. The molecule has 100 valence electrons. The van der Waals surface area contributed by atoms with Crippen molar-refractivity contribution >= 4 is 22.5 Å². The molecular formula is C17H21NS. The lowest BCUT2D eigenvalue weighted by molar-refractivity contribution is 0.357. The molecule has 1 aliphatic carbocycles. The van der Waals surface area contributed by atoms with Crippen molar-refractivity contribution in [3.05, 3.63) is 30.3 Å². The fourth-order valence-electron chi connectivity index (χ4n) is 2.59. The van der Waals surface area contributed by atoms with E-state index in [1.165, 1.54) is 32.1 Å². The largest absolute Gasteiger partial charge is 0.233 e. The van der Waals surface area contributed by atoms with Crippen molar-refractivity contribution in [2.75, 3.05) is 0 Å². The maximum absolute atomic E-state index is 5.60. The van der Waals surface area contributed by atoms with Crippen LogP contribution in [0, 0.1) is 18.3 Å². The summed E-state index contributed by atoms with van der Waals surface area (Å²) < 4.78 is 0. The van der Waals surface area contributed by atoms with Gasteiger partial charge in [0, 0.05) is 5.25 Å². The van der Waals surface area contributed by atoms with Crippen molar-refractivity contribution < 1.29 is 0 Å². The highest BCUT2D eigenvalue weighted by Crippen LogP contribution is 2.33. The van der Waals surface area contributed by atoms with Crippen LogP contribution in [0.3, 0.4) is 0 Å². The SMILES string of the molecule is C#CC(=Nc1ccccc1)SC(C)C1CCCCC1. The molecule has 1 fully saturated rings. The third kappa shape index (κ3) is 4.44. The number of hydrogen-bond acceptors (Lipinski definition) is 2. The summed E-state index contributed by atoms with van der Waals surface area (Å²) in [6.45, 7) is 2.29. The summed E-state index contributed by atoms with van der Waals surface area (Å²) in [5, 5.41) is 1.38. The van der Waals surface area contributed by atoms with Crippen LogP contribution in [-0.4, -0.2) is 10.3 Å². The number of terminal acetylenes is 1. The minimum atomic E-state index is 0.568. The fourth-order valence-corrected chi connectivity index (χ4v) is 3.63. The van der Waals surface area contributed by atoms with Crippen molar-refractivity contribution in [2.24, 2.45) is 10.9 Å². The average molecular weight is 271 g/mol. The molecule has 0 aromatic heterocycles. The molecule has 0 N–H and O–H groups in total. The summed E-state index contributed by atoms with van der Waals surface area (Å²) in [4.78, 5) is 4.56. The van der Waals surface area contributed by atoms with Crippen LogP contribution >= 0.6 is 11.8 Å². The van der Waals surface area contributed by atoms with Gasteiger partial charge in [0.05, 0.1) is 5.69 Å². The van der Waals surface area contributed by atoms with Gasteiger partial charge in [-0.25, -0.2) is 4.99 Å². The lowest BCUT2D eigenvalue weighted by Crippen LogP contribution is -2.18. The molecule has 1 aromatic carbocycles. The Kier molecular flexibility index (Phi) is 5.54. The number of thioether (sulfide) groups is 1. The second-order valence-electron chi connectivity index (χ2n) is 5.12. The fraction of sp³-hybridized carbons (Fsp3) is 0.471. The molecule has 1 atom stereocenters. The van der Waals surface area contributed by atoms with Crippen molar-refractivity contribution in [1.29, 1.82) is 0 Å². The first kappa shape index (κ1) is 14.2. The molecule has 0 amide bonds. The van der Waals surface area contributed by atoms with Gasteiger partial charge in [0.1, 0.15) is 5.04 Å². The number of rotatable bonds is 3. The van der Waals surface area contributed by atoms with Gasteiger partial charge in [0.15, 0.2) is 0 Å². The summed E-state index contributed by atoms with van der Waals surface area (Å²) in [5.41, 5.74) is 0.943. The van der Waals surface area contributed by atoms with Gasteiger partial charge in [-0.05, 0) is 36.8 Å². The van der Waals surface area contributed by atoms with Crippen LogP contribution in [0.15, 0.2) is 35.3 Å². The molecule has 0 bridgehead atoms. The number of hydrogen-bond donors (Lipinski definition) is 0. The molecule has 0 spiro atoms. The van der Waals surface area contributed by atoms with Crippen LogP contribution in [0.1, 0.15) is 39.0 Å². The Labute approximate surface area is 120 Å². The van der Waals surface area contributed by atoms with Crippen LogP contribution in [0.4, 0.5) is 5.69 Å². The minimum absolute atomic E-state index is 0.568. The molecule has 1 nitrogen and oxygen atoms in total. The van der Waals surface area contributed by atoms with Crippen LogP contribution < -0.4 is 0 Å². The maximum atomic E-state index is 5.60. The topological polar surface area (TPSA) is 12.4 Å². The molecular weight excluding hydrogens is 250 g/mol. The number of benzene rings is 1. The number of aliphatic imine (C=N–C) groups is 1. The van der Waals surface area contributed by atoms with Gasteiger partial charge in [-0.15, -0.1) is 6.42 Å². The van der Waals surface area contributed by atoms with Crippen LogP contribution in [0.25, 0.3) is 0 Å². The van der Waals surface area contributed by atoms with Crippen molar-refractivity contribution in [1.82, 2.24) is 0 Å². The van der Waals surface area contributed by atoms with Gasteiger partial charge in [0.25, 0.3) is 0 Å². The Morgan fingerprint density at radius 2 is 1.95 bits per heavy atom. The Morgan fingerprint density at radius 1 is 1.26 bits per heavy atom. The van der Waals surface area contributed by atoms with E-state index in [-0.39, 0.29) is 0 Å². The first-order chi connectivity index (χ1) is 9.29. The zero-order valence-electron chi connectivity index (χ0n) is 11.5. The maximum Gasteiger partial charge on any atom is 0.147 e. The molecule has 0 radical (unpaired) electrons. The van der Waals surface area contributed by atoms with Crippen LogP contribution in [0.2, 0.25) is 0 Å². The van der Waals surface area contributed by atoms with Crippen LogP contribution in [0.5, 0.6) is 0 Å². The minimum Gasteiger partial charge on any atom is -0.233 e. The van der Waals surface area contributed by atoms with Gasteiger partial charge < -0.3 is 0 Å². The highest BCUT2D eigenvalue weighted by atomic mass is 32.2.